The average molecular weight is 238 g/mol. The SMILES string of the molecule is CC(C)C1CNCCN1C(C)c1cccs1. The molecular formula is C13H22N2S. The van der Waals surface area contributed by atoms with Crippen molar-refractivity contribution >= 4 is 11.3 Å². The summed E-state index contributed by atoms with van der Waals surface area (Å²) in [6.07, 6.45) is 0. The summed E-state index contributed by atoms with van der Waals surface area (Å²) in [6.45, 7) is 10.4. The van der Waals surface area contributed by atoms with Crippen molar-refractivity contribution in [2.24, 2.45) is 5.92 Å². The molecule has 0 saturated carbocycles. The minimum absolute atomic E-state index is 0.564. The Morgan fingerprint density at radius 1 is 1.44 bits per heavy atom. The van der Waals surface area contributed by atoms with E-state index in [4.69, 9.17) is 0 Å². The maximum absolute atomic E-state index is 3.51. The Morgan fingerprint density at radius 2 is 2.25 bits per heavy atom. The molecule has 1 fully saturated rings. The molecule has 0 radical (unpaired) electrons. The van der Waals surface area contributed by atoms with E-state index in [-0.39, 0.29) is 0 Å². The molecule has 16 heavy (non-hydrogen) atoms. The van der Waals surface area contributed by atoms with Crippen LogP contribution in [0.3, 0.4) is 0 Å². The van der Waals surface area contributed by atoms with Gasteiger partial charge in [-0.15, -0.1) is 11.3 Å². The smallest absolute Gasteiger partial charge is 0.0417 e. The van der Waals surface area contributed by atoms with Crippen LogP contribution >= 0.6 is 11.3 Å². The largest absolute Gasteiger partial charge is 0.314 e. The summed E-state index contributed by atoms with van der Waals surface area (Å²) < 4.78 is 0. The lowest BCUT2D eigenvalue weighted by Crippen LogP contribution is -2.54. The molecule has 1 saturated heterocycles. The van der Waals surface area contributed by atoms with Gasteiger partial charge in [-0.1, -0.05) is 19.9 Å². The van der Waals surface area contributed by atoms with Crippen LogP contribution in [0.25, 0.3) is 0 Å². The third-order valence-electron chi connectivity index (χ3n) is 3.55. The second-order valence-corrected chi connectivity index (χ2v) is 5.92. The molecule has 2 unspecified atom stereocenters. The Morgan fingerprint density at radius 3 is 2.88 bits per heavy atom. The molecule has 3 heteroatoms. The molecule has 1 aromatic rings. The third-order valence-corrected chi connectivity index (χ3v) is 4.59. The highest BCUT2D eigenvalue weighted by Gasteiger charge is 2.29. The van der Waals surface area contributed by atoms with Crippen molar-refractivity contribution in [2.75, 3.05) is 19.6 Å². The van der Waals surface area contributed by atoms with Crippen LogP contribution in [0.4, 0.5) is 0 Å². The summed E-state index contributed by atoms with van der Waals surface area (Å²) in [5, 5.41) is 5.69. The fourth-order valence-electron chi connectivity index (χ4n) is 2.53. The van der Waals surface area contributed by atoms with Gasteiger partial charge >= 0.3 is 0 Å². The summed E-state index contributed by atoms with van der Waals surface area (Å²) in [5.41, 5.74) is 0. The van der Waals surface area contributed by atoms with Crippen molar-refractivity contribution in [3.05, 3.63) is 22.4 Å². The Balaban J connectivity index is 2.11. The van der Waals surface area contributed by atoms with Crippen LogP contribution in [-0.4, -0.2) is 30.6 Å². The molecule has 2 rings (SSSR count). The van der Waals surface area contributed by atoms with Gasteiger partial charge in [0.05, 0.1) is 0 Å². The molecule has 1 aliphatic heterocycles. The number of nitrogens with one attached hydrogen (secondary N) is 1. The highest BCUT2D eigenvalue weighted by atomic mass is 32.1. The van der Waals surface area contributed by atoms with Gasteiger partial charge in [-0.2, -0.15) is 0 Å². The predicted molar refractivity (Wildman–Crippen MR) is 70.9 cm³/mol. The molecular weight excluding hydrogens is 216 g/mol. The normalized spacial score (nSPS) is 24.9. The summed E-state index contributed by atoms with van der Waals surface area (Å²) >= 11 is 1.88. The summed E-state index contributed by atoms with van der Waals surface area (Å²) in [4.78, 5) is 4.15. The quantitative estimate of drug-likeness (QED) is 0.871. The first-order valence-electron chi connectivity index (χ1n) is 6.20. The monoisotopic (exact) mass is 238 g/mol. The molecule has 0 spiro atoms. The number of hydrogen-bond acceptors (Lipinski definition) is 3. The van der Waals surface area contributed by atoms with E-state index in [0.29, 0.717) is 12.1 Å². The number of rotatable bonds is 3. The molecule has 1 N–H and O–H groups in total. The van der Waals surface area contributed by atoms with Crippen molar-refractivity contribution in [3.63, 3.8) is 0 Å². The van der Waals surface area contributed by atoms with Gasteiger partial charge in [0.1, 0.15) is 0 Å². The number of nitrogens with zero attached hydrogens (tertiary/aromatic N) is 1. The molecule has 0 amide bonds. The van der Waals surface area contributed by atoms with E-state index in [1.165, 1.54) is 11.4 Å². The van der Waals surface area contributed by atoms with Gasteiger partial charge in [0.15, 0.2) is 0 Å². The van der Waals surface area contributed by atoms with Gasteiger partial charge in [-0.25, -0.2) is 0 Å². The van der Waals surface area contributed by atoms with Crippen LogP contribution in [-0.2, 0) is 0 Å². The van der Waals surface area contributed by atoms with Gasteiger partial charge in [0, 0.05) is 36.6 Å². The second kappa shape index (κ2) is 5.30. The average Bonchev–Trinajstić information content (AvgIpc) is 2.81. The molecule has 0 bridgehead atoms. The molecule has 2 atom stereocenters. The van der Waals surface area contributed by atoms with E-state index in [0.717, 1.165) is 19.0 Å². The van der Waals surface area contributed by atoms with E-state index < -0.39 is 0 Å². The third kappa shape index (κ3) is 2.47. The van der Waals surface area contributed by atoms with Crippen LogP contribution < -0.4 is 5.32 Å². The van der Waals surface area contributed by atoms with E-state index in [2.05, 4.69) is 48.5 Å². The van der Waals surface area contributed by atoms with E-state index in [1.807, 2.05) is 11.3 Å². The second-order valence-electron chi connectivity index (χ2n) is 4.94. The van der Waals surface area contributed by atoms with Crippen molar-refractivity contribution in [2.45, 2.75) is 32.9 Å². The first kappa shape index (κ1) is 12.1. The highest BCUT2D eigenvalue weighted by molar-refractivity contribution is 7.10. The minimum Gasteiger partial charge on any atom is -0.314 e. The number of hydrogen-bond donors (Lipinski definition) is 1. The van der Waals surface area contributed by atoms with Crippen molar-refractivity contribution < 1.29 is 0 Å². The Bertz CT molecular complexity index is 308. The van der Waals surface area contributed by atoms with E-state index in [1.54, 1.807) is 0 Å². The van der Waals surface area contributed by atoms with Crippen molar-refractivity contribution in [3.8, 4) is 0 Å². The summed E-state index contributed by atoms with van der Waals surface area (Å²) in [5.74, 6) is 0.718. The molecule has 2 heterocycles. The zero-order chi connectivity index (χ0) is 11.5. The van der Waals surface area contributed by atoms with Gasteiger partial charge in [-0.3, -0.25) is 4.90 Å². The lowest BCUT2D eigenvalue weighted by atomic mass is 9.98. The molecule has 90 valence electrons. The van der Waals surface area contributed by atoms with Crippen LogP contribution in [0.5, 0.6) is 0 Å². The first-order chi connectivity index (χ1) is 7.70. The Kier molecular flexibility index (Phi) is 4.00. The van der Waals surface area contributed by atoms with Gasteiger partial charge in [-0.05, 0) is 24.3 Å². The summed E-state index contributed by atoms with van der Waals surface area (Å²) in [7, 11) is 0. The number of thiophene rings is 1. The first-order valence-corrected chi connectivity index (χ1v) is 7.08. The molecule has 2 nitrogen and oxygen atoms in total. The number of piperazine rings is 1. The standard InChI is InChI=1S/C13H22N2S/c1-10(2)12-9-14-6-7-15(12)11(3)13-5-4-8-16-13/h4-5,8,10-12,14H,6-7,9H2,1-3H3. The Hall–Kier alpha value is -0.380. The van der Waals surface area contributed by atoms with Crippen molar-refractivity contribution in [1.29, 1.82) is 0 Å². The molecule has 1 aromatic heterocycles. The fraction of sp³-hybridized carbons (Fsp3) is 0.692. The minimum atomic E-state index is 0.564. The molecule has 1 aliphatic rings. The lowest BCUT2D eigenvalue weighted by molar-refractivity contribution is 0.0859. The van der Waals surface area contributed by atoms with Crippen LogP contribution in [0, 0.1) is 5.92 Å². The van der Waals surface area contributed by atoms with Crippen LogP contribution in [0.15, 0.2) is 17.5 Å². The molecule has 0 aromatic carbocycles. The Labute approximate surface area is 103 Å². The fourth-order valence-corrected chi connectivity index (χ4v) is 3.34. The maximum Gasteiger partial charge on any atom is 0.0417 e. The maximum atomic E-state index is 3.51. The summed E-state index contributed by atoms with van der Waals surface area (Å²) in [6, 6.07) is 5.65. The van der Waals surface area contributed by atoms with Crippen molar-refractivity contribution in [1.82, 2.24) is 10.2 Å². The highest BCUT2D eigenvalue weighted by Crippen LogP contribution is 2.28. The van der Waals surface area contributed by atoms with Crippen LogP contribution in [0.2, 0.25) is 0 Å². The zero-order valence-electron chi connectivity index (χ0n) is 10.4. The van der Waals surface area contributed by atoms with Gasteiger partial charge < -0.3 is 5.32 Å². The van der Waals surface area contributed by atoms with Crippen LogP contribution in [0.1, 0.15) is 31.7 Å². The lowest BCUT2D eigenvalue weighted by Gasteiger charge is -2.42. The van der Waals surface area contributed by atoms with E-state index in [9.17, 15) is 0 Å². The van der Waals surface area contributed by atoms with Gasteiger partial charge in [0.2, 0.25) is 0 Å². The molecule has 0 aliphatic carbocycles. The van der Waals surface area contributed by atoms with Gasteiger partial charge in [0.25, 0.3) is 0 Å². The predicted octanol–water partition coefficient (Wildman–Crippen LogP) is 2.74. The topological polar surface area (TPSA) is 15.3 Å². The zero-order valence-corrected chi connectivity index (χ0v) is 11.3. The van der Waals surface area contributed by atoms with E-state index >= 15 is 0 Å².